The molecule has 0 atom stereocenters. The topological polar surface area (TPSA) is 48.7 Å². The maximum Gasteiger partial charge on any atom is 0.144 e. The fourth-order valence-electron chi connectivity index (χ4n) is 0.913. The summed E-state index contributed by atoms with van der Waals surface area (Å²) in [6.07, 6.45) is 1.67. The number of hydrogen-bond donors (Lipinski definition) is 1. The van der Waals surface area contributed by atoms with Gasteiger partial charge in [0, 0.05) is 16.7 Å². The van der Waals surface area contributed by atoms with Crippen LogP contribution in [0.1, 0.15) is 19.4 Å². The molecule has 0 amide bonds. The Balaban J connectivity index is 3.01. The zero-order chi connectivity index (χ0) is 9.84. The van der Waals surface area contributed by atoms with Gasteiger partial charge in [-0.1, -0.05) is 0 Å². The number of pyridine rings is 1. The summed E-state index contributed by atoms with van der Waals surface area (Å²) in [6, 6.07) is 4.11. The zero-order valence-electron chi connectivity index (χ0n) is 7.50. The number of nitrogens with zero attached hydrogens (tertiary/aromatic N) is 2. The minimum atomic E-state index is 0.278. The second-order valence-corrected chi connectivity index (χ2v) is 3.88. The van der Waals surface area contributed by atoms with E-state index in [1.54, 1.807) is 12.3 Å². The molecule has 0 aromatic carbocycles. The van der Waals surface area contributed by atoms with Crippen LogP contribution in [0.5, 0.6) is 0 Å². The van der Waals surface area contributed by atoms with Crippen molar-refractivity contribution in [2.24, 2.45) is 0 Å². The number of rotatable bonds is 2. The lowest BCUT2D eigenvalue weighted by atomic mass is 10.2. The molecule has 1 heterocycles. The van der Waals surface area contributed by atoms with Gasteiger partial charge in [0.05, 0.1) is 5.56 Å². The molecule has 0 saturated carbocycles. The molecule has 0 aliphatic carbocycles. The van der Waals surface area contributed by atoms with Crippen LogP contribution in [0.2, 0.25) is 0 Å². The molecule has 0 aliphatic heterocycles. The van der Waals surface area contributed by atoms with Crippen LogP contribution < -0.4 is 5.32 Å². The molecule has 4 heteroatoms. The van der Waals surface area contributed by atoms with Crippen LogP contribution >= 0.6 is 15.9 Å². The fraction of sp³-hybridized carbons (Fsp3) is 0.333. The van der Waals surface area contributed by atoms with Gasteiger partial charge in [-0.15, -0.1) is 0 Å². The van der Waals surface area contributed by atoms with E-state index in [2.05, 4.69) is 32.3 Å². The van der Waals surface area contributed by atoms with Crippen LogP contribution in [0.4, 0.5) is 5.82 Å². The normalized spacial score (nSPS) is 9.77. The molecule has 68 valence electrons. The lowest BCUT2D eigenvalue weighted by molar-refractivity contribution is 0.887. The Bertz CT molecular complexity index is 341. The first-order valence-corrected chi connectivity index (χ1v) is 4.75. The molecule has 1 rings (SSSR count). The van der Waals surface area contributed by atoms with E-state index in [4.69, 9.17) is 5.26 Å². The van der Waals surface area contributed by atoms with Gasteiger partial charge >= 0.3 is 0 Å². The van der Waals surface area contributed by atoms with E-state index in [1.165, 1.54) is 0 Å². The molecule has 0 unspecified atom stereocenters. The Hall–Kier alpha value is -1.08. The highest BCUT2D eigenvalue weighted by molar-refractivity contribution is 9.10. The van der Waals surface area contributed by atoms with Crippen molar-refractivity contribution >= 4 is 21.7 Å². The summed E-state index contributed by atoms with van der Waals surface area (Å²) >= 11 is 3.26. The third kappa shape index (κ3) is 2.71. The van der Waals surface area contributed by atoms with Gasteiger partial charge in [-0.05, 0) is 35.8 Å². The molecular weight excluding hydrogens is 230 g/mol. The van der Waals surface area contributed by atoms with Crippen LogP contribution in [0, 0.1) is 11.3 Å². The largest absolute Gasteiger partial charge is 0.367 e. The van der Waals surface area contributed by atoms with Crippen molar-refractivity contribution in [1.29, 1.82) is 5.26 Å². The summed E-state index contributed by atoms with van der Waals surface area (Å²) in [4.78, 5) is 4.11. The van der Waals surface area contributed by atoms with Crippen molar-refractivity contribution in [3.63, 3.8) is 0 Å². The van der Waals surface area contributed by atoms with Gasteiger partial charge in [0.2, 0.25) is 0 Å². The van der Waals surface area contributed by atoms with Gasteiger partial charge in [0.15, 0.2) is 0 Å². The predicted molar refractivity (Wildman–Crippen MR) is 55.4 cm³/mol. The van der Waals surface area contributed by atoms with Crippen molar-refractivity contribution < 1.29 is 0 Å². The smallest absolute Gasteiger partial charge is 0.144 e. The Morgan fingerprint density at radius 1 is 1.62 bits per heavy atom. The summed E-state index contributed by atoms with van der Waals surface area (Å²) in [5, 5.41) is 11.9. The van der Waals surface area contributed by atoms with Gasteiger partial charge < -0.3 is 5.32 Å². The molecule has 0 saturated heterocycles. The van der Waals surface area contributed by atoms with Gasteiger partial charge in [-0.3, -0.25) is 0 Å². The zero-order valence-corrected chi connectivity index (χ0v) is 9.09. The Morgan fingerprint density at radius 2 is 2.31 bits per heavy atom. The van der Waals surface area contributed by atoms with Crippen LogP contribution in [0.15, 0.2) is 16.7 Å². The number of anilines is 1. The molecule has 0 fully saturated rings. The van der Waals surface area contributed by atoms with E-state index in [0.717, 1.165) is 4.47 Å². The van der Waals surface area contributed by atoms with Crippen molar-refractivity contribution in [3.8, 4) is 6.07 Å². The molecule has 0 spiro atoms. The van der Waals surface area contributed by atoms with E-state index in [0.29, 0.717) is 11.4 Å². The minimum absolute atomic E-state index is 0.278. The number of aromatic nitrogens is 1. The maximum absolute atomic E-state index is 8.80. The highest BCUT2D eigenvalue weighted by Gasteiger charge is 2.04. The highest BCUT2D eigenvalue weighted by atomic mass is 79.9. The average molecular weight is 240 g/mol. The van der Waals surface area contributed by atoms with Crippen LogP contribution in [0.25, 0.3) is 0 Å². The maximum atomic E-state index is 8.80. The molecule has 1 aromatic heterocycles. The van der Waals surface area contributed by atoms with Gasteiger partial charge in [0.25, 0.3) is 0 Å². The van der Waals surface area contributed by atoms with Crippen molar-refractivity contribution in [3.05, 3.63) is 22.3 Å². The summed E-state index contributed by atoms with van der Waals surface area (Å²) < 4.78 is 0.818. The number of nitriles is 1. The van der Waals surface area contributed by atoms with E-state index >= 15 is 0 Å². The number of nitrogens with one attached hydrogen (secondary N) is 1. The van der Waals surface area contributed by atoms with Crippen molar-refractivity contribution in [1.82, 2.24) is 4.98 Å². The first-order valence-electron chi connectivity index (χ1n) is 3.95. The monoisotopic (exact) mass is 239 g/mol. The Morgan fingerprint density at radius 3 is 2.85 bits per heavy atom. The third-order valence-electron chi connectivity index (χ3n) is 1.40. The molecule has 1 aromatic rings. The highest BCUT2D eigenvalue weighted by Crippen LogP contribution is 2.17. The van der Waals surface area contributed by atoms with E-state index in [9.17, 15) is 0 Å². The molecule has 1 N–H and O–H groups in total. The fourth-order valence-corrected chi connectivity index (χ4v) is 1.24. The van der Waals surface area contributed by atoms with E-state index < -0.39 is 0 Å². The molecule has 3 nitrogen and oxygen atoms in total. The number of hydrogen-bond acceptors (Lipinski definition) is 3. The predicted octanol–water partition coefficient (Wildman–Crippen LogP) is 2.54. The lowest BCUT2D eigenvalue weighted by Gasteiger charge is -2.09. The van der Waals surface area contributed by atoms with E-state index in [-0.39, 0.29) is 6.04 Å². The standard InChI is InChI=1S/C9H10BrN3/c1-6(2)13-9-7(4-11)3-8(10)5-12-9/h3,5-6H,1-2H3,(H,12,13). The third-order valence-corrected chi connectivity index (χ3v) is 1.83. The Labute approximate surface area is 85.9 Å². The molecular formula is C9H10BrN3. The summed E-state index contributed by atoms with van der Waals surface area (Å²) in [6.45, 7) is 4.01. The molecule has 13 heavy (non-hydrogen) atoms. The Kier molecular flexibility index (Phi) is 3.26. The lowest BCUT2D eigenvalue weighted by Crippen LogP contribution is -2.12. The van der Waals surface area contributed by atoms with Crippen LogP contribution in [-0.4, -0.2) is 11.0 Å². The molecule has 0 aliphatic rings. The second kappa shape index (κ2) is 4.24. The molecule has 0 bridgehead atoms. The first-order chi connectivity index (χ1) is 6.13. The quantitative estimate of drug-likeness (QED) is 0.864. The van der Waals surface area contributed by atoms with Crippen molar-refractivity contribution in [2.75, 3.05) is 5.32 Å². The molecule has 0 radical (unpaired) electrons. The summed E-state index contributed by atoms with van der Waals surface area (Å²) in [5.74, 6) is 0.640. The summed E-state index contributed by atoms with van der Waals surface area (Å²) in [5.41, 5.74) is 0.558. The second-order valence-electron chi connectivity index (χ2n) is 2.96. The first kappa shape index (κ1) is 10.0. The van der Waals surface area contributed by atoms with Crippen molar-refractivity contribution in [2.45, 2.75) is 19.9 Å². The van der Waals surface area contributed by atoms with Gasteiger partial charge in [-0.25, -0.2) is 4.98 Å². The average Bonchev–Trinajstić information content (AvgIpc) is 2.07. The van der Waals surface area contributed by atoms with Crippen LogP contribution in [0.3, 0.4) is 0 Å². The SMILES string of the molecule is CC(C)Nc1ncc(Br)cc1C#N. The summed E-state index contributed by atoms with van der Waals surface area (Å²) in [7, 11) is 0. The van der Waals surface area contributed by atoms with Gasteiger partial charge in [-0.2, -0.15) is 5.26 Å². The number of halogens is 1. The van der Waals surface area contributed by atoms with Gasteiger partial charge in [0.1, 0.15) is 11.9 Å². The van der Waals surface area contributed by atoms with E-state index in [1.807, 2.05) is 13.8 Å². The van der Waals surface area contributed by atoms with Crippen LogP contribution in [-0.2, 0) is 0 Å². The minimum Gasteiger partial charge on any atom is -0.367 e.